The van der Waals surface area contributed by atoms with Gasteiger partial charge in [0, 0.05) is 0 Å². The fourth-order valence-corrected chi connectivity index (χ4v) is 4.42. The van der Waals surface area contributed by atoms with Gasteiger partial charge in [0.2, 0.25) is 0 Å². The Bertz CT molecular complexity index is 1200. The van der Waals surface area contributed by atoms with Crippen molar-refractivity contribution in [1.82, 2.24) is 0 Å². The summed E-state index contributed by atoms with van der Waals surface area (Å²) in [5.41, 5.74) is 1.92. The zero-order chi connectivity index (χ0) is 25.0. The van der Waals surface area contributed by atoms with Crippen molar-refractivity contribution in [1.29, 1.82) is 0 Å². The monoisotopic (exact) mass is 483 g/mol. The molecule has 3 aromatic rings. The van der Waals surface area contributed by atoms with Crippen molar-refractivity contribution in [3.63, 3.8) is 0 Å². The number of anilines is 1. The number of hydrogen-bond acceptors (Lipinski definition) is 7. The number of carbonyl (C=O) groups excluding carboxylic acids is 3. The van der Waals surface area contributed by atoms with Crippen LogP contribution in [0.1, 0.15) is 82.1 Å². The van der Waals surface area contributed by atoms with E-state index in [0.29, 0.717) is 22.0 Å². The number of esters is 1. The number of Topliss-reactive ketones (excluding diaryl/α,β-unsaturated/α-hetero) is 1. The number of furan rings is 1. The van der Waals surface area contributed by atoms with Crippen LogP contribution in [0.15, 0.2) is 40.8 Å². The number of hydrogen-bond donors (Lipinski definition) is 1. The van der Waals surface area contributed by atoms with Crippen molar-refractivity contribution in [2.45, 2.75) is 53.6 Å². The summed E-state index contributed by atoms with van der Waals surface area (Å²) in [6, 6.07) is 11.0. The Morgan fingerprint density at radius 3 is 2.32 bits per heavy atom. The lowest BCUT2D eigenvalue weighted by molar-refractivity contribution is 0.0527. The van der Waals surface area contributed by atoms with Crippen molar-refractivity contribution in [2.24, 2.45) is 0 Å². The fraction of sp³-hybridized carbons (Fsp3) is 0.346. The van der Waals surface area contributed by atoms with Gasteiger partial charge >= 0.3 is 5.97 Å². The third-order valence-electron chi connectivity index (χ3n) is 5.16. The Morgan fingerprint density at radius 2 is 1.74 bits per heavy atom. The molecule has 1 N–H and O–H groups in total. The summed E-state index contributed by atoms with van der Waals surface area (Å²) in [5, 5.41) is 2.93. The largest absolute Gasteiger partial charge is 0.486 e. The molecule has 0 fully saturated rings. The van der Waals surface area contributed by atoms with Gasteiger partial charge in [0.05, 0.1) is 17.0 Å². The predicted octanol–water partition coefficient (Wildman–Crippen LogP) is 6.16. The van der Waals surface area contributed by atoms with E-state index in [4.69, 9.17) is 13.9 Å². The van der Waals surface area contributed by atoms with Gasteiger partial charge in [-0.25, -0.2) is 4.79 Å². The normalized spacial score (nSPS) is 11.2. The van der Waals surface area contributed by atoms with E-state index in [1.165, 1.54) is 18.6 Å². The molecule has 34 heavy (non-hydrogen) atoms. The SMILES string of the molecule is CCOC(=O)c1c(NC(=O)c2ccc(COc3ccc(C(C)(C)C)cc3)o2)sc(C(C)=O)c1C. The van der Waals surface area contributed by atoms with Gasteiger partial charge in [0.15, 0.2) is 11.5 Å². The summed E-state index contributed by atoms with van der Waals surface area (Å²) in [4.78, 5) is 37.5. The highest BCUT2D eigenvalue weighted by atomic mass is 32.1. The van der Waals surface area contributed by atoms with Gasteiger partial charge in [-0.2, -0.15) is 0 Å². The first-order valence-corrected chi connectivity index (χ1v) is 11.8. The molecule has 0 aliphatic carbocycles. The Balaban J connectivity index is 1.70. The van der Waals surface area contributed by atoms with Gasteiger partial charge in [0.1, 0.15) is 23.1 Å². The Morgan fingerprint density at radius 1 is 1.06 bits per heavy atom. The van der Waals surface area contributed by atoms with Gasteiger partial charge < -0.3 is 19.2 Å². The molecule has 7 nitrogen and oxygen atoms in total. The molecule has 0 spiro atoms. The molecule has 1 amide bonds. The lowest BCUT2D eigenvalue weighted by atomic mass is 9.87. The van der Waals surface area contributed by atoms with Crippen LogP contribution in [-0.4, -0.2) is 24.3 Å². The molecule has 8 heteroatoms. The van der Waals surface area contributed by atoms with Crippen molar-refractivity contribution in [2.75, 3.05) is 11.9 Å². The smallest absolute Gasteiger partial charge is 0.341 e. The van der Waals surface area contributed by atoms with E-state index in [1.54, 1.807) is 19.9 Å². The standard InChI is InChI=1S/C26H29NO6S/c1-7-31-25(30)21-15(2)22(16(3)28)34-24(21)27-23(29)20-13-12-19(33-20)14-32-18-10-8-17(9-11-18)26(4,5)6/h8-13H,7,14H2,1-6H3,(H,27,29). The summed E-state index contributed by atoms with van der Waals surface area (Å²) < 4.78 is 16.5. The first-order chi connectivity index (χ1) is 16.0. The van der Waals surface area contributed by atoms with Crippen LogP contribution in [0.3, 0.4) is 0 Å². The first-order valence-electron chi connectivity index (χ1n) is 11.0. The minimum absolute atomic E-state index is 0.0568. The number of nitrogens with one attached hydrogen (secondary N) is 1. The molecule has 0 bridgehead atoms. The quantitative estimate of drug-likeness (QED) is 0.305. The van der Waals surface area contributed by atoms with Crippen LogP contribution in [0, 0.1) is 6.92 Å². The van der Waals surface area contributed by atoms with Gasteiger partial charge in [-0.05, 0) is 61.6 Å². The fourth-order valence-electron chi connectivity index (χ4n) is 3.33. The number of thiophene rings is 1. The van der Waals surface area contributed by atoms with E-state index in [2.05, 4.69) is 26.1 Å². The zero-order valence-electron chi connectivity index (χ0n) is 20.2. The average Bonchev–Trinajstić information content (AvgIpc) is 3.37. The number of benzene rings is 1. The number of carbonyl (C=O) groups is 3. The second kappa shape index (κ2) is 10.3. The molecule has 180 valence electrons. The van der Waals surface area contributed by atoms with Crippen LogP contribution in [0.2, 0.25) is 0 Å². The minimum Gasteiger partial charge on any atom is -0.486 e. The second-order valence-corrected chi connectivity index (χ2v) is 9.84. The maximum atomic E-state index is 12.8. The molecular weight excluding hydrogens is 454 g/mol. The maximum Gasteiger partial charge on any atom is 0.341 e. The van der Waals surface area contributed by atoms with Gasteiger partial charge in [-0.3, -0.25) is 9.59 Å². The van der Waals surface area contributed by atoms with E-state index in [1.807, 2.05) is 24.3 Å². The average molecular weight is 484 g/mol. The predicted molar refractivity (Wildman–Crippen MR) is 131 cm³/mol. The number of rotatable bonds is 8. The second-order valence-electron chi connectivity index (χ2n) is 8.82. The Labute approximate surface area is 203 Å². The highest BCUT2D eigenvalue weighted by Crippen LogP contribution is 2.34. The molecule has 0 radical (unpaired) electrons. The molecule has 2 heterocycles. The summed E-state index contributed by atoms with van der Waals surface area (Å²) in [5.74, 6) is -0.0936. The highest BCUT2D eigenvalue weighted by molar-refractivity contribution is 7.18. The Hall–Kier alpha value is -3.39. The van der Waals surface area contributed by atoms with Crippen LogP contribution >= 0.6 is 11.3 Å². The van der Waals surface area contributed by atoms with E-state index in [9.17, 15) is 14.4 Å². The molecule has 0 aliphatic rings. The molecule has 0 unspecified atom stereocenters. The van der Waals surface area contributed by atoms with E-state index >= 15 is 0 Å². The molecule has 0 saturated heterocycles. The van der Waals surface area contributed by atoms with Crippen molar-refractivity contribution < 1.29 is 28.3 Å². The summed E-state index contributed by atoms with van der Waals surface area (Å²) >= 11 is 1.04. The van der Waals surface area contributed by atoms with E-state index in [0.717, 1.165) is 11.3 Å². The van der Waals surface area contributed by atoms with Crippen LogP contribution in [0.5, 0.6) is 5.75 Å². The van der Waals surface area contributed by atoms with Crippen molar-refractivity contribution in [3.8, 4) is 5.75 Å². The molecule has 3 rings (SSSR count). The molecule has 0 saturated carbocycles. The molecule has 1 aromatic carbocycles. The first kappa shape index (κ1) is 25.2. The zero-order valence-corrected chi connectivity index (χ0v) is 21.1. The van der Waals surface area contributed by atoms with Crippen LogP contribution < -0.4 is 10.1 Å². The number of ether oxygens (including phenoxy) is 2. The van der Waals surface area contributed by atoms with E-state index in [-0.39, 0.29) is 40.7 Å². The van der Waals surface area contributed by atoms with Crippen LogP contribution in [-0.2, 0) is 16.8 Å². The minimum atomic E-state index is -0.593. The molecule has 2 aromatic heterocycles. The summed E-state index contributed by atoms with van der Waals surface area (Å²) in [6.07, 6.45) is 0. The van der Waals surface area contributed by atoms with Gasteiger partial charge in [-0.1, -0.05) is 32.9 Å². The highest BCUT2D eigenvalue weighted by Gasteiger charge is 2.26. The third-order valence-corrected chi connectivity index (χ3v) is 6.47. The molecular formula is C26H29NO6S. The van der Waals surface area contributed by atoms with E-state index < -0.39 is 11.9 Å². The number of amides is 1. The summed E-state index contributed by atoms with van der Waals surface area (Å²) in [6.45, 7) is 11.5. The lowest BCUT2D eigenvalue weighted by Gasteiger charge is -2.19. The summed E-state index contributed by atoms with van der Waals surface area (Å²) in [7, 11) is 0. The van der Waals surface area contributed by atoms with Crippen molar-refractivity contribution in [3.05, 3.63) is 69.5 Å². The van der Waals surface area contributed by atoms with Crippen molar-refractivity contribution >= 4 is 34.0 Å². The Kier molecular flexibility index (Phi) is 7.61. The lowest BCUT2D eigenvalue weighted by Crippen LogP contribution is -2.14. The van der Waals surface area contributed by atoms with Gasteiger partial charge in [-0.15, -0.1) is 11.3 Å². The molecule has 0 atom stereocenters. The van der Waals surface area contributed by atoms with Crippen LogP contribution in [0.25, 0.3) is 0 Å². The third kappa shape index (κ3) is 5.75. The number of ketones is 1. The topological polar surface area (TPSA) is 94.8 Å². The molecule has 0 aliphatic heterocycles. The maximum absolute atomic E-state index is 12.8. The van der Waals surface area contributed by atoms with Crippen LogP contribution in [0.4, 0.5) is 5.00 Å². The van der Waals surface area contributed by atoms with Gasteiger partial charge in [0.25, 0.3) is 5.91 Å².